The van der Waals surface area contributed by atoms with Crippen LogP contribution in [0.4, 0.5) is 0 Å². The van der Waals surface area contributed by atoms with Crippen molar-refractivity contribution in [2.45, 2.75) is 20.4 Å². The van der Waals surface area contributed by atoms with E-state index in [9.17, 15) is 4.79 Å². The van der Waals surface area contributed by atoms with Crippen LogP contribution in [0.15, 0.2) is 30.3 Å². The number of carbonyl (C=O) groups is 1. The van der Waals surface area contributed by atoms with E-state index in [0.717, 1.165) is 13.1 Å². The number of rotatable bonds is 8. The van der Waals surface area contributed by atoms with E-state index in [2.05, 4.69) is 24.1 Å². The van der Waals surface area contributed by atoms with Gasteiger partial charge < -0.3 is 9.64 Å². The fourth-order valence-electron chi connectivity index (χ4n) is 2.33. The van der Waals surface area contributed by atoms with Gasteiger partial charge in [-0.05, 0) is 12.6 Å². The quantitative estimate of drug-likeness (QED) is 0.722. The molecule has 3 heteroatoms. The highest BCUT2D eigenvalue weighted by Gasteiger charge is 2.21. The third kappa shape index (κ3) is 5.53. The minimum atomic E-state index is -0.0230. The summed E-state index contributed by atoms with van der Waals surface area (Å²) in [5.41, 5.74) is 1.27. The monoisotopic (exact) mass is 263 g/mol. The topological polar surface area (TPSA) is 29.5 Å². The molecular formula is C16H25NO2. The summed E-state index contributed by atoms with van der Waals surface area (Å²) in [5, 5.41) is 0. The van der Waals surface area contributed by atoms with Gasteiger partial charge in [-0.2, -0.15) is 0 Å². The SMILES string of the molecule is COC[C@@H](C)C(=O)[C@H](C)CN(C)Cc1ccccc1. The highest BCUT2D eigenvalue weighted by atomic mass is 16.5. The molecule has 0 unspecified atom stereocenters. The lowest BCUT2D eigenvalue weighted by atomic mass is 9.95. The summed E-state index contributed by atoms with van der Waals surface area (Å²) in [7, 11) is 3.69. The van der Waals surface area contributed by atoms with Crippen molar-refractivity contribution >= 4 is 5.78 Å². The van der Waals surface area contributed by atoms with Gasteiger partial charge in [0.15, 0.2) is 0 Å². The van der Waals surface area contributed by atoms with Crippen LogP contribution in [0.1, 0.15) is 19.4 Å². The van der Waals surface area contributed by atoms with Crippen LogP contribution in [0.5, 0.6) is 0 Å². The van der Waals surface area contributed by atoms with Gasteiger partial charge in [0.25, 0.3) is 0 Å². The fraction of sp³-hybridized carbons (Fsp3) is 0.562. The maximum Gasteiger partial charge on any atom is 0.142 e. The first kappa shape index (κ1) is 15.9. The van der Waals surface area contributed by atoms with Crippen LogP contribution in [0.2, 0.25) is 0 Å². The number of ether oxygens (including phenoxy) is 1. The highest BCUT2D eigenvalue weighted by Crippen LogP contribution is 2.11. The summed E-state index contributed by atoms with van der Waals surface area (Å²) >= 11 is 0. The molecule has 0 spiro atoms. The van der Waals surface area contributed by atoms with Crippen molar-refractivity contribution in [3.8, 4) is 0 Å². The van der Waals surface area contributed by atoms with E-state index in [1.165, 1.54) is 5.56 Å². The molecule has 0 amide bonds. The second kappa shape index (κ2) is 8.08. The van der Waals surface area contributed by atoms with Gasteiger partial charge in [-0.3, -0.25) is 4.79 Å². The Morgan fingerprint density at radius 2 is 1.84 bits per heavy atom. The largest absolute Gasteiger partial charge is 0.384 e. The molecule has 0 saturated heterocycles. The minimum absolute atomic E-state index is 0.0230. The van der Waals surface area contributed by atoms with E-state index in [1.54, 1.807) is 7.11 Å². The Morgan fingerprint density at radius 1 is 1.21 bits per heavy atom. The van der Waals surface area contributed by atoms with E-state index in [1.807, 2.05) is 32.0 Å². The maximum absolute atomic E-state index is 12.1. The number of hydrogen-bond donors (Lipinski definition) is 0. The van der Waals surface area contributed by atoms with Crippen molar-refractivity contribution in [1.29, 1.82) is 0 Å². The second-order valence-corrected chi connectivity index (χ2v) is 5.34. The van der Waals surface area contributed by atoms with Gasteiger partial charge in [0.05, 0.1) is 6.61 Å². The molecule has 0 aliphatic heterocycles. The molecule has 0 radical (unpaired) electrons. The normalized spacial score (nSPS) is 14.4. The van der Waals surface area contributed by atoms with Gasteiger partial charge in [0.1, 0.15) is 5.78 Å². The zero-order valence-corrected chi connectivity index (χ0v) is 12.4. The van der Waals surface area contributed by atoms with Gasteiger partial charge in [-0.1, -0.05) is 44.2 Å². The molecule has 0 saturated carbocycles. The molecule has 1 rings (SSSR count). The summed E-state index contributed by atoms with van der Waals surface area (Å²) in [6.45, 7) is 6.08. The van der Waals surface area contributed by atoms with Gasteiger partial charge in [0.2, 0.25) is 0 Å². The number of Topliss-reactive ketones (excluding diaryl/α,β-unsaturated/α-hetero) is 1. The van der Waals surface area contributed by atoms with Crippen LogP contribution in [0.25, 0.3) is 0 Å². The lowest BCUT2D eigenvalue weighted by Gasteiger charge is -2.22. The number of benzene rings is 1. The van der Waals surface area contributed by atoms with Crippen molar-refractivity contribution in [2.75, 3.05) is 27.3 Å². The Bertz CT molecular complexity index is 378. The summed E-state index contributed by atoms with van der Waals surface area (Å²) in [5.74, 6) is 0.297. The molecule has 1 aromatic rings. The average Bonchev–Trinajstić information content (AvgIpc) is 2.39. The molecule has 106 valence electrons. The number of ketones is 1. The van der Waals surface area contributed by atoms with E-state index in [0.29, 0.717) is 6.61 Å². The van der Waals surface area contributed by atoms with E-state index >= 15 is 0 Å². The van der Waals surface area contributed by atoms with Gasteiger partial charge in [-0.25, -0.2) is 0 Å². The molecule has 0 heterocycles. The number of nitrogens with zero attached hydrogens (tertiary/aromatic N) is 1. The lowest BCUT2D eigenvalue weighted by molar-refractivity contribution is -0.127. The summed E-state index contributed by atoms with van der Waals surface area (Å²) in [6.07, 6.45) is 0. The molecular weight excluding hydrogens is 238 g/mol. The van der Waals surface area contributed by atoms with Crippen LogP contribution >= 0.6 is 0 Å². The Hall–Kier alpha value is -1.19. The molecule has 0 aliphatic carbocycles. The molecule has 0 bridgehead atoms. The van der Waals surface area contributed by atoms with Gasteiger partial charge >= 0.3 is 0 Å². The van der Waals surface area contributed by atoms with Crippen LogP contribution in [-0.4, -0.2) is 38.0 Å². The molecule has 3 nitrogen and oxygen atoms in total. The van der Waals surface area contributed by atoms with E-state index < -0.39 is 0 Å². The molecule has 0 N–H and O–H groups in total. The lowest BCUT2D eigenvalue weighted by Crippen LogP contribution is -2.32. The maximum atomic E-state index is 12.1. The fourth-order valence-corrected chi connectivity index (χ4v) is 2.33. The van der Waals surface area contributed by atoms with E-state index in [4.69, 9.17) is 4.74 Å². The summed E-state index contributed by atoms with van der Waals surface area (Å²) in [6, 6.07) is 10.3. The Morgan fingerprint density at radius 3 is 2.42 bits per heavy atom. The van der Waals surface area contributed by atoms with Crippen LogP contribution < -0.4 is 0 Å². The number of hydrogen-bond acceptors (Lipinski definition) is 3. The van der Waals surface area contributed by atoms with Crippen LogP contribution in [0.3, 0.4) is 0 Å². The first-order valence-electron chi connectivity index (χ1n) is 6.79. The third-order valence-electron chi connectivity index (χ3n) is 3.27. The van der Waals surface area contributed by atoms with Crippen LogP contribution in [-0.2, 0) is 16.1 Å². The Labute approximate surface area is 116 Å². The molecule has 2 atom stereocenters. The minimum Gasteiger partial charge on any atom is -0.384 e. The van der Waals surface area contributed by atoms with Gasteiger partial charge in [0, 0.05) is 32.0 Å². The van der Waals surface area contributed by atoms with E-state index in [-0.39, 0.29) is 17.6 Å². The van der Waals surface area contributed by atoms with Gasteiger partial charge in [-0.15, -0.1) is 0 Å². The molecule has 0 aromatic heterocycles. The predicted octanol–water partition coefficient (Wildman–Crippen LogP) is 2.61. The second-order valence-electron chi connectivity index (χ2n) is 5.34. The standard InChI is InChI=1S/C16H25NO2/c1-13(16(18)14(2)12-19-4)10-17(3)11-15-8-6-5-7-9-15/h5-9,13-14H,10-12H2,1-4H3/t13-,14-/m1/s1. The first-order valence-corrected chi connectivity index (χ1v) is 6.79. The Kier molecular flexibility index (Phi) is 6.74. The molecule has 0 aliphatic rings. The zero-order chi connectivity index (χ0) is 14.3. The van der Waals surface area contributed by atoms with Crippen molar-refractivity contribution in [3.05, 3.63) is 35.9 Å². The average molecular weight is 263 g/mol. The molecule has 1 aromatic carbocycles. The summed E-state index contributed by atoms with van der Waals surface area (Å²) in [4.78, 5) is 14.3. The zero-order valence-electron chi connectivity index (χ0n) is 12.4. The number of carbonyl (C=O) groups excluding carboxylic acids is 1. The van der Waals surface area contributed by atoms with Crippen molar-refractivity contribution in [2.24, 2.45) is 11.8 Å². The summed E-state index contributed by atoms with van der Waals surface area (Å²) < 4.78 is 5.04. The van der Waals surface area contributed by atoms with Crippen molar-refractivity contribution in [1.82, 2.24) is 4.90 Å². The predicted molar refractivity (Wildman–Crippen MR) is 78.0 cm³/mol. The molecule has 19 heavy (non-hydrogen) atoms. The molecule has 0 fully saturated rings. The number of methoxy groups -OCH3 is 1. The smallest absolute Gasteiger partial charge is 0.142 e. The van der Waals surface area contributed by atoms with Crippen LogP contribution in [0, 0.1) is 11.8 Å². The van der Waals surface area contributed by atoms with Crippen molar-refractivity contribution in [3.63, 3.8) is 0 Å². The third-order valence-corrected chi connectivity index (χ3v) is 3.27. The first-order chi connectivity index (χ1) is 9.04. The Balaban J connectivity index is 2.43. The highest BCUT2D eigenvalue weighted by molar-refractivity contribution is 5.83. The van der Waals surface area contributed by atoms with Crippen molar-refractivity contribution < 1.29 is 9.53 Å².